The van der Waals surface area contributed by atoms with Gasteiger partial charge >= 0.3 is 0 Å². The van der Waals surface area contributed by atoms with Crippen molar-refractivity contribution in [3.8, 4) is 0 Å². The van der Waals surface area contributed by atoms with Gasteiger partial charge in [-0.25, -0.2) is 0 Å². The molecule has 0 aliphatic carbocycles. The summed E-state index contributed by atoms with van der Waals surface area (Å²) >= 11 is 0. The van der Waals surface area contributed by atoms with E-state index in [2.05, 4.69) is 0 Å². The first-order valence-electron chi connectivity index (χ1n) is 3.22. The lowest BCUT2D eigenvalue weighted by Crippen LogP contribution is -2.42. The van der Waals surface area contributed by atoms with Gasteiger partial charge in [0.2, 0.25) is 0 Å². The Hall–Kier alpha value is -1.06. The third kappa shape index (κ3) is 1.26. The Balaban J connectivity index is 2.48. The van der Waals surface area contributed by atoms with E-state index in [1.165, 1.54) is 4.90 Å². The summed E-state index contributed by atoms with van der Waals surface area (Å²) in [6, 6.07) is 0. The van der Waals surface area contributed by atoms with Crippen molar-refractivity contribution in [3.05, 3.63) is 0 Å². The molecule has 4 heteroatoms. The highest BCUT2D eigenvalue weighted by atomic mass is 16.4. The fraction of sp³-hybridized carbons (Fsp3) is 0.667. The summed E-state index contributed by atoms with van der Waals surface area (Å²) in [4.78, 5) is 21.9. The number of amides is 1. The van der Waals surface area contributed by atoms with E-state index in [0.717, 1.165) is 12.8 Å². The van der Waals surface area contributed by atoms with Gasteiger partial charge in [0, 0.05) is 13.1 Å². The van der Waals surface area contributed by atoms with E-state index < -0.39 is 11.9 Å². The lowest BCUT2D eigenvalue weighted by molar-refractivity contribution is -0.301. The highest BCUT2D eigenvalue weighted by Crippen LogP contribution is 2.06. The van der Waals surface area contributed by atoms with Crippen LogP contribution in [-0.4, -0.2) is 29.9 Å². The highest BCUT2D eigenvalue weighted by molar-refractivity contribution is 6.30. The van der Waals surface area contributed by atoms with Gasteiger partial charge in [0.05, 0.1) is 0 Å². The zero-order valence-corrected chi connectivity index (χ0v) is 5.50. The van der Waals surface area contributed by atoms with Crippen molar-refractivity contribution >= 4 is 11.9 Å². The van der Waals surface area contributed by atoms with Gasteiger partial charge < -0.3 is 14.8 Å². The zero-order valence-electron chi connectivity index (χ0n) is 5.50. The van der Waals surface area contributed by atoms with Crippen LogP contribution in [-0.2, 0) is 9.59 Å². The molecule has 1 aliphatic rings. The summed E-state index contributed by atoms with van der Waals surface area (Å²) in [5.74, 6) is -2.47. The average Bonchev–Trinajstić information content (AvgIpc) is 2.36. The Labute approximate surface area is 58.4 Å². The fourth-order valence-electron chi connectivity index (χ4n) is 1.05. The first-order valence-corrected chi connectivity index (χ1v) is 3.22. The molecule has 0 bridgehead atoms. The van der Waals surface area contributed by atoms with E-state index in [4.69, 9.17) is 0 Å². The van der Waals surface area contributed by atoms with Crippen LogP contribution in [0.5, 0.6) is 0 Å². The predicted octanol–water partition coefficient (Wildman–Crippen LogP) is -1.64. The van der Waals surface area contributed by atoms with Gasteiger partial charge in [-0.15, -0.1) is 0 Å². The second-order valence-corrected chi connectivity index (χ2v) is 2.29. The van der Waals surface area contributed by atoms with Gasteiger partial charge in [-0.05, 0) is 12.8 Å². The quantitative estimate of drug-likeness (QED) is 0.381. The first-order chi connectivity index (χ1) is 4.72. The molecule has 1 fully saturated rings. The summed E-state index contributed by atoms with van der Waals surface area (Å²) in [7, 11) is 0. The smallest absolute Gasteiger partial charge is 0.269 e. The summed E-state index contributed by atoms with van der Waals surface area (Å²) < 4.78 is 0. The molecular formula is C6H8NO3-. The largest absolute Gasteiger partial charge is 0.540 e. The molecule has 1 saturated heterocycles. The van der Waals surface area contributed by atoms with Gasteiger partial charge in [0.25, 0.3) is 5.91 Å². The minimum absolute atomic E-state index is 0.562. The Morgan fingerprint density at radius 3 is 2.10 bits per heavy atom. The maximum Gasteiger partial charge on any atom is 0.269 e. The summed E-state index contributed by atoms with van der Waals surface area (Å²) in [5.41, 5.74) is 0. The molecule has 4 nitrogen and oxygen atoms in total. The van der Waals surface area contributed by atoms with Gasteiger partial charge in [-0.2, -0.15) is 0 Å². The lowest BCUT2D eigenvalue weighted by atomic mass is 10.4. The molecule has 0 aromatic rings. The number of likely N-dealkylation sites (tertiary alicyclic amines) is 1. The molecule has 0 spiro atoms. The SMILES string of the molecule is O=C([O-])C(=O)N1CCCC1. The van der Waals surface area contributed by atoms with Crippen LogP contribution in [0.25, 0.3) is 0 Å². The maximum absolute atomic E-state index is 10.6. The van der Waals surface area contributed by atoms with Crippen LogP contribution in [0.2, 0.25) is 0 Å². The second kappa shape index (κ2) is 2.68. The molecule has 1 heterocycles. The molecule has 1 aliphatic heterocycles. The van der Waals surface area contributed by atoms with E-state index in [1.807, 2.05) is 0 Å². The summed E-state index contributed by atoms with van der Waals surface area (Å²) in [6.45, 7) is 1.12. The Morgan fingerprint density at radius 1 is 1.20 bits per heavy atom. The zero-order chi connectivity index (χ0) is 7.56. The Morgan fingerprint density at radius 2 is 1.70 bits per heavy atom. The molecule has 0 saturated carbocycles. The fourth-order valence-corrected chi connectivity index (χ4v) is 1.05. The number of aliphatic carboxylic acids is 1. The Kier molecular flexibility index (Phi) is 1.89. The molecule has 10 heavy (non-hydrogen) atoms. The van der Waals surface area contributed by atoms with Crippen LogP contribution in [0.3, 0.4) is 0 Å². The van der Waals surface area contributed by atoms with Gasteiger partial charge in [-0.1, -0.05) is 0 Å². The van der Waals surface area contributed by atoms with Crippen LogP contribution in [0, 0.1) is 0 Å². The van der Waals surface area contributed by atoms with Crippen LogP contribution < -0.4 is 5.11 Å². The molecule has 1 rings (SSSR count). The van der Waals surface area contributed by atoms with Crippen LogP contribution in [0.15, 0.2) is 0 Å². The number of nitrogens with zero attached hydrogens (tertiary/aromatic N) is 1. The minimum Gasteiger partial charge on any atom is -0.540 e. The summed E-state index contributed by atoms with van der Waals surface area (Å²) in [6.07, 6.45) is 1.80. The van der Waals surface area contributed by atoms with E-state index in [0.29, 0.717) is 13.1 Å². The number of carbonyl (C=O) groups is 2. The van der Waals surface area contributed by atoms with E-state index >= 15 is 0 Å². The van der Waals surface area contributed by atoms with E-state index in [1.54, 1.807) is 0 Å². The number of hydrogen-bond acceptors (Lipinski definition) is 3. The summed E-state index contributed by atoms with van der Waals surface area (Å²) in [5, 5.41) is 9.98. The van der Waals surface area contributed by atoms with Crippen LogP contribution in [0.4, 0.5) is 0 Å². The first kappa shape index (κ1) is 7.05. The topological polar surface area (TPSA) is 60.4 Å². The van der Waals surface area contributed by atoms with Gasteiger partial charge in [0.15, 0.2) is 0 Å². The van der Waals surface area contributed by atoms with Crippen molar-refractivity contribution in [3.63, 3.8) is 0 Å². The van der Waals surface area contributed by atoms with Crippen LogP contribution >= 0.6 is 0 Å². The molecule has 0 radical (unpaired) electrons. The number of hydrogen-bond donors (Lipinski definition) is 0. The predicted molar refractivity (Wildman–Crippen MR) is 30.8 cm³/mol. The molecule has 0 N–H and O–H groups in total. The molecular weight excluding hydrogens is 134 g/mol. The van der Waals surface area contributed by atoms with Crippen molar-refractivity contribution in [2.24, 2.45) is 0 Å². The average molecular weight is 142 g/mol. The monoisotopic (exact) mass is 142 g/mol. The number of carbonyl (C=O) groups excluding carboxylic acids is 2. The number of rotatable bonds is 0. The molecule has 0 unspecified atom stereocenters. The number of carboxylic acid groups (broad SMARTS) is 1. The molecule has 0 atom stereocenters. The standard InChI is InChI=1S/C6H9NO3/c8-5(6(9)10)7-3-1-2-4-7/h1-4H2,(H,9,10)/p-1. The van der Waals surface area contributed by atoms with Crippen molar-refractivity contribution < 1.29 is 14.7 Å². The minimum atomic E-state index is -1.60. The molecule has 0 aromatic heterocycles. The molecule has 0 aromatic carbocycles. The van der Waals surface area contributed by atoms with Crippen molar-refractivity contribution in [1.82, 2.24) is 4.90 Å². The van der Waals surface area contributed by atoms with Crippen LogP contribution in [0.1, 0.15) is 12.8 Å². The maximum atomic E-state index is 10.6. The van der Waals surface area contributed by atoms with Crippen molar-refractivity contribution in [2.45, 2.75) is 12.8 Å². The Bertz CT molecular complexity index is 160. The lowest BCUT2D eigenvalue weighted by Gasteiger charge is -2.14. The van der Waals surface area contributed by atoms with Crippen molar-refractivity contribution in [1.29, 1.82) is 0 Å². The third-order valence-electron chi connectivity index (χ3n) is 1.57. The van der Waals surface area contributed by atoms with Crippen molar-refractivity contribution in [2.75, 3.05) is 13.1 Å². The number of carboxylic acids is 1. The molecule has 56 valence electrons. The second-order valence-electron chi connectivity index (χ2n) is 2.29. The van der Waals surface area contributed by atoms with Gasteiger partial charge in [0.1, 0.15) is 5.97 Å². The third-order valence-corrected chi connectivity index (χ3v) is 1.57. The van der Waals surface area contributed by atoms with Gasteiger partial charge in [-0.3, -0.25) is 4.79 Å². The van der Waals surface area contributed by atoms with E-state index in [-0.39, 0.29) is 0 Å². The molecule has 1 amide bonds. The highest BCUT2D eigenvalue weighted by Gasteiger charge is 2.17. The normalized spacial score (nSPS) is 17.4. The van der Waals surface area contributed by atoms with E-state index in [9.17, 15) is 14.7 Å².